The summed E-state index contributed by atoms with van der Waals surface area (Å²) in [6.07, 6.45) is 2.85. The van der Waals surface area contributed by atoms with E-state index in [-0.39, 0.29) is 18.0 Å². The molecule has 1 heterocycles. The molecule has 31 heavy (non-hydrogen) atoms. The van der Waals surface area contributed by atoms with E-state index in [0.29, 0.717) is 38.3 Å². The number of benzene rings is 2. The molecule has 0 saturated heterocycles. The van der Waals surface area contributed by atoms with E-state index in [1.54, 1.807) is 11.9 Å². The van der Waals surface area contributed by atoms with Crippen LogP contribution in [0.5, 0.6) is 11.5 Å². The minimum atomic E-state index is -0.872. The van der Waals surface area contributed by atoms with Gasteiger partial charge in [-0.3, -0.25) is 4.79 Å². The molecule has 0 spiro atoms. The maximum Gasteiger partial charge on any atom is 0.315 e. The van der Waals surface area contributed by atoms with Crippen molar-refractivity contribution in [2.75, 3.05) is 20.2 Å². The topological polar surface area (TPSA) is 79.9 Å². The Balaban J connectivity index is 1.35. The molecular formula is C24H29N3O4. The fourth-order valence-electron chi connectivity index (χ4n) is 4.32. The number of hydrogen-bond donors (Lipinski definition) is 2. The van der Waals surface area contributed by atoms with Crippen LogP contribution in [0, 0.1) is 0 Å². The van der Waals surface area contributed by atoms with E-state index in [0.717, 1.165) is 24.2 Å². The van der Waals surface area contributed by atoms with Gasteiger partial charge in [0.05, 0.1) is 6.54 Å². The number of carbonyl (C=O) groups is 2. The largest absolute Gasteiger partial charge is 0.486 e. The van der Waals surface area contributed by atoms with Gasteiger partial charge >= 0.3 is 6.03 Å². The zero-order chi connectivity index (χ0) is 21.7. The summed E-state index contributed by atoms with van der Waals surface area (Å²) in [5, 5.41) is 5.85. The Morgan fingerprint density at radius 3 is 2.45 bits per heavy atom. The van der Waals surface area contributed by atoms with E-state index < -0.39 is 5.54 Å². The van der Waals surface area contributed by atoms with Gasteiger partial charge in [-0.05, 0) is 30.5 Å². The van der Waals surface area contributed by atoms with Crippen molar-refractivity contribution in [2.45, 2.75) is 43.9 Å². The minimum Gasteiger partial charge on any atom is -0.486 e. The summed E-state index contributed by atoms with van der Waals surface area (Å²) in [5.74, 6) is 1.33. The van der Waals surface area contributed by atoms with Gasteiger partial charge in [-0.25, -0.2) is 4.79 Å². The van der Waals surface area contributed by atoms with Crippen molar-refractivity contribution < 1.29 is 19.1 Å². The van der Waals surface area contributed by atoms with Crippen molar-refractivity contribution in [1.82, 2.24) is 15.5 Å². The first kappa shape index (κ1) is 21.0. The second-order valence-electron chi connectivity index (χ2n) is 8.27. The lowest BCUT2D eigenvalue weighted by atomic mass is 9.95. The third-order valence-corrected chi connectivity index (χ3v) is 5.91. The zero-order valence-corrected chi connectivity index (χ0v) is 17.8. The molecule has 2 aliphatic rings. The number of amides is 3. The van der Waals surface area contributed by atoms with Crippen molar-refractivity contribution in [3.63, 3.8) is 0 Å². The molecule has 7 heteroatoms. The minimum absolute atomic E-state index is 0.0812. The van der Waals surface area contributed by atoms with E-state index >= 15 is 0 Å². The Morgan fingerprint density at radius 2 is 1.71 bits per heavy atom. The van der Waals surface area contributed by atoms with Crippen LogP contribution < -0.4 is 20.1 Å². The summed E-state index contributed by atoms with van der Waals surface area (Å²) in [4.78, 5) is 27.6. The van der Waals surface area contributed by atoms with Gasteiger partial charge in [-0.15, -0.1) is 0 Å². The first-order chi connectivity index (χ1) is 15.1. The van der Waals surface area contributed by atoms with Gasteiger partial charge in [0.15, 0.2) is 17.6 Å². The Hall–Kier alpha value is -3.22. The molecule has 1 aliphatic carbocycles. The Morgan fingerprint density at radius 1 is 1.03 bits per heavy atom. The highest BCUT2D eigenvalue weighted by Crippen LogP contribution is 2.33. The molecule has 7 nitrogen and oxygen atoms in total. The van der Waals surface area contributed by atoms with Crippen LogP contribution in [0.4, 0.5) is 4.79 Å². The molecule has 2 N–H and O–H groups in total. The number of ether oxygens (including phenoxy) is 2. The third kappa shape index (κ3) is 4.93. The predicted molar refractivity (Wildman–Crippen MR) is 117 cm³/mol. The van der Waals surface area contributed by atoms with Crippen molar-refractivity contribution in [3.8, 4) is 11.5 Å². The van der Waals surface area contributed by atoms with E-state index in [1.165, 1.54) is 0 Å². The van der Waals surface area contributed by atoms with Crippen molar-refractivity contribution >= 4 is 11.9 Å². The highest BCUT2D eigenvalue weighted by atomic mass is 16.6. The number of nitrogens with one attached hydrogen (secondary N) is 2. The maximum absolute atomic E-state index is 13.4. The number of nitrogens with zero attached hydrogens (tertiary/aromatic N) is 1. The lowest BCUT2D eigenvalue weighted by molar-refractivity contribution is -0.137. The predicted octanol–water partition coefficient (Wildman–Crippen LogP) is 3.10. The van der Waals surface area contributed by atoms with Crippen LogP contribution in [0.2, 0.25) is 0 Å². The normalized spacial score (nSPS) is 18.8. The van der Waals surface area contributed by atoms with Crippen LogP contribution in [0.15, 0.2) is 54.6 Å². The molecule has 1 saturated carbocycles. The first-order valence-electron chi connectivity index (χ1n) is 10.8. The van der Waals surface area contributed by atoms with Crippen LogP contribution in [0.25, 0.3) is 0 Å². The maximum atomic E-state index is 13.4. The molecule has 1 fully saturated rings. The summed E-state index contributed by atoms with van der Waals surface area (Å²) in [5.41, 5.74) is 0.138. The number of carbonyl (C=O) groups excluding carboxylic acids is 2. The molecule has 0 radical (unpaired) electrons. The van der Waals surface area contributed by atoms with Crippen molar-refractivity contribution in [2.24, 2.45) is 0 Å². The fourth-order valence-corrected chi connectivity index (χ4v) is 4.32. The fraction of sp³-hybridized carbons (Fsp3) is 0.417. The highest BCUT2D eigenvalue weighted by molar-refractivity contribution is 5.91. The van der Waals surface area contributed by atoms with E-state index in [4.69, 9.17) is 9.47 Å². The summed E-state index contributed by atoms with van der Waals surface area (Å²) in [6.45, 7) is 1.19. The number of urea groups is 1. The molecule has 2 aromatic carbocycles. The molecule has 1 aliphatic heterocycles. The Labute approximate surface area is 182 Å². The van der Waals surface area contributed by atoms with Gasteiger partial charge in [-0.1, -0.05) is 55.3 Å². The van der Waals surface area contributed by atoms with Crippen LogP contribution in [-0.4, -0.2) is 48.7 Å². The molecule has 3 amide bonds. The van der Waals surface area contributed by atoms with Gasteiger partial charge in [0.1, 0.15) is 12.1 Å². The molecule has 4 rings (SSSR count). The number of rotatable bonds is 6. The number of para-hydroxylation sites is 2. The lowest BCUT2D eigenvalue weighted by Crippen LogP contribution is -2.60. The summed E-state index contributed by atoms with van der Waals surface area (Å²) >= 11 is 0. The molecule has 164 valence electrons. The monoisotopic (exact) mass is 423 g/mol. The SMILES string of the molecule is CN(CC1COc2ccccc2O1)C(=O)C1(NC(=O)NCc2ccccc2)CCCC1. The van der Waals surface area contributed by atoms with Gasteiger partial charge in [0, 0.05) is 13.6 Å². The molecule has 0 bridgehead atoms. The Bertz CT molecular complexity index is 912. The van der Waals surface area contributed by atoms with Crippen LogP contribution in [0.1, 0.15) is 31.2 Å². The van der Waals surface area contributed by atoms with E-state index in [2.05, 4.69) is 10.6 Å². The quantitative estimate of drug-likeness (QED) is 0.748. The average molecular weight is 424 g/mol. The molecular weight excluding hydrogens is 394 g/mol. The second-order valence-corrected chi connectivity index (χ2v) is 8.27. The number of hydrogen-bond acceptors (Lipinski definition) is 4. The van der Waals surface area contributed by atoms with E-state index in [9.17, 15) is 9.59 Å². The number of likely N-dealkylation sites (N-methyl/N-ethyl adjacent to an activating group) is 1. The molecule has 1 unspecified atom stereocenters. The molecule has 2 aromatic rings. The standard InChI is InChI=1S/C24H29N3O4/c1-27(16-19-17-30-20-11-5-6-12-21(20)31-19)22(28)24(13-7-8-14-24)26-23(29)25-15-18-9-3-2-4-10-18/h2-6,9-12,19H,7-8,13-17H2,1H3,(H2,25,26,29). The summed E-state index contributed by atoms with van der Waals surface area (Å²) < 4.78 is 11.8. The second kappa shape index (κ2) is 9.29. The summed E-state index contributed by atoms with van der Waals surface area (Å²) in [6, 6.07) is 16.9. The first-order valence-corrected chi connectivity index (χ1v) is 10.8. The molecule has 1 atom stereocenters. The third-order valence-electron chi connectivity index (χ3n) is 5.91. The van der Waals surface area contributed by atoms with Gasteiger partial charge in [0.2, 0.25) is 5.91 Å². The Kier molecular flexibility index (Phi) is 6.30. The number of fused-ring (bicyclic) bond motifs is 1. The lowest BCUT2D eigenvalue weighted by Gasteiger charge is -2.35. The van der Waals surface area contributed by atoms with Crippen molar-refractivity contribution in [3.05, 3.63) is 60.2 Å². The van der Waals surface area contributed by atoms with E-state index in [1.807, 2.05) is 54.6 Å². The van der Waals surface area contributed by atoms with Crippen molar-refractivity contribution in [1.29, 1.82) is 0 Å². The molecule has 0 aromatic heterocycles. The van der Waals surface area contributed by atoms with Gasteiger partial charge in [-0.2, -0.15) is 0 Å². The summed E-state index contributed by atoms with van der Waals surface area (Å²) in [7, 11) is 1.76. The van der Waals surface area contributed by atoms with Crippen LogP contribution in [0.3, 0.4) is 0 Å². The smallest absolute Gasteiger partial charge is 0.315 e. The zero-order valence-electron chi connectivity index (χ0n) is 17.8. The van der Waals surface area contributed by atoms with Crippen LogP contribution >= 0.6 is 0 Å². The van der Waals surface area contributed by atoms with Crippen LogP contribution in [-0.2, 0) is 11.3 Å². The highest BCUT2D eigenvalue weighted by Gasteiger charge is 2.44. The van der Waals surface area contributed by atoms with Gasteiger partial charge < -0.3 is 25.0 Å². The average Bonchev–Trinajstić information content (AvgIpc) is 3.27. The van der Waals surface area contributed by atoms with Gasteiger partial charge in [0.25, 0.3) is 0 Å².